The molecule has 0 aliphatic carbocycles. The van der Waals surface area contributed by atoms with Crippen LogP contribution in [0.2, 0.25) is 0 Å². The number of hydrogen-bond donors (Lipinski definition) is 2. The molecular formula is C19H20N6O5. The second-order valence-corrected chi connectivity index (χ2v) is 6.70. The molecule has 4 amide bonds. The van der Waals surface area contributed by atoms with Crippen LogP contribution in [0.25, 0.3) is 10.4 Å². The minimum Gasteiger partial charge on any atom is -0.494 e. The van der Waals surface area contributed by atoms with E-state index in [0.717, 1.165) is 17.4 Å². The van der Waals surface area contributed by atoms with E-state index in [1.165, 1.54) is 0 Å². The van der Waals surface area contributed by atoms with Crippen LogP contribution in [0, 0.1) is 0 Å². The summed E-state index contributed by atoms with van der Waals surface area (Å²) in [5.74, 6) is -1.74. The second-order valence-electron chi connectivity index (χ2n) is 6.70. The zero-order valence-corrected chi connectivity index (χ0v) is 16.0. The summed E-state index contributed by atoms with van der Waals surface area (Å²) in [6.45, 7) is 0.850. The number of carbonyl (C=O) groups excluding carboxylic acids is 4. The van der Waals surface area contributed by atoms with E-state index in [1.807, 2.05) is 0 Å². The molecule has 1 saturated heterocycles. The van der Waals surface area contributed by atoms with Crippen LogP contribution in [-0.4, -0.2) is 47.7 Å². The van der Waals surface area contributed by atoms with Gasteiger partial charge in [-0.2, -0.15) is 0 Å². The van der Waals surface area contributed by atoms with Gasteiger partial charge in [-0.15, -0.1) is 0 Å². The molecule has 0 radical (unpaired) electrons. The summed E-state index contributed by atoms with van der Waals surface area (Å²) in [6, 6.07) is 5.88. The van der Waals surface area contributed by atoms with E-state index in [2.05, 4.69) is 20.7 Å². The van der Waals surface area contributed by atoms with E-state index >= 15 is 0 Å². The topological polar surface area (TPSA) is 154 Å². The molecule has 2 aliphatic heterocycles. The number of unbranched alkanes of at least 4 members (excludes halogenated alkanes) is 1. The average molecular weight is 412 g/mol. The Hall–Kier alpha value is -3.85. The minimum absolute atomic E-state index is 0.0382. The van der Waals surface area contributed by atoms with Gasteiger partial charge >= 0.3 is 0 Å². The van der Waals surface area contributed by atoms with Crippen LogP contribution in [0.5, 0.6) is 5.75 Å². The molecule has 0 spiro atoms. The summed E-state index contributed by atoms with van der Waals surface area (Å²) in [7, 11) is 0. The predicted octanol–water partition coefficient (Wildman–Crippen LogP) is 1.63. The lowest BCUT2D eigenvalue weighted by Gasteiger charge is -2.28. The molecule has 1 aromatic rings. The maximum atomic E-state index is 12.7. The van der Waals surface area contributed by atoms with Crippen molar-refractivity contribution in [3.63, 3.8) is 0 Å². The van der Waals surface area contributed by atoms with Gasteiger partial charge < -0.3 is 10.1 Å². The second kappa shape index (κ2) is 9.57. The van der Waals surface area contributed by atoms with Crippen LogP contribution < -0.4 is 15.4 Å². The first-order valence-electron chi connectivity index (χ1n) is 9.43. The monoisotopic (exact) mass is 412 g/mol. The number of nitrogens with one attached hydrogen (secondary N) is 2. The highest BCUT2D eigenvalue weighted by atomic mass is 16.5. The fourth-order valence-corrected chi connectivity index (χ4v) is 3.14. The molecule has 3 rings (SSSR count). The van der Waals surface area contributed by atoms with Crippen LogP contribution in [0.1, 0.15) is 25.7 Å². The summed E-state index contributed by atoms with van der Waals surface area (Å²) in [4.78, 5) is 51.8. The van der Waals surface area contributed by atoms with Gasteiger partial charge in [0.2, 0.25) is 11.8 Å². The molecule has 0 bridgehead atoms. The molecule has 2 N–H and O–H groups in total. The van der Waals surface area contributed by atoms with E-state index in [4.69, 9.17) is 10.3 Å². The summed E-state index contributed by atoms with van der Waals surface area (Å²) < 4.78 is 5.64. The van der Waals surface area contributed by atoms with E-state index < -0.39 is 29.7 Å². The van der Waals surface area contributed by atoms with Gasteiger partial charge in [-0.05, 0) is 36.9 Å². The number of carbonyl (C=O) groups is 4. The van der Waals surface area contributed by atoms with Gasteiger partial charge in [-0.1, -0.05) is 11.2 Å². The number of hydrogen-bond acceptors (Lipinski definition) is 7. The number of anilines is 1. The molecule has 1 atom stereocenters. The summed E-state index contributed by atoms with van der Waals surface area (Å²) in [5.41, 5.74) is 8.81. The van der Waals surface area contributed by atoms with Crippen molar-refractivity contribution in [3.05, 3.63) is 46.5 Å². The van der Waals surface area contributed by atoms with E-state index in [-0.39, 0.29) is 18.5 Å². The van der Waals surface area contributed by atoms with Crippen molar-refractivity contribution in [2.45, 2.75) is 31.7 Å². The average Bonchev–Trinajstić information content (AvgIpc) is 2.98. The van der Waals surface area contributed by atoms with Crippen LogP contribution >= 0.6 is 0 Å². The number of amides is 4. The lowest BCUT2D eigenvalue weighted by atomic mass is 10.0. The number of azide groups is 1. The number of rotatable bonds is 9. The predicted molar refractivity (Wildman–Crippen MR) is 105 cm³/mol. The zero-order valence-electron chi connectivity index (χ0n) is 16.0. The molecule has 2 heterocycles. The normalized spacial score (nSPS) is 18.6. The van der Waals surface area contributed by atoms with E-state index in [9.17, 15) is 19.2 Å². The molecule has 11 nitrogen and oxygen atoms in total. The van der Waals surface area contributed by atoms with Crippen LogP contribution in [0.4, 0.5) is 5.69 Å². The number of imide groups is 2. The van der Waals surface area contributed by atoms with Gasteiger partial charge in [0, 0.05) is 35.7 Å². The highest BCUT2D eigenvalue weighted by Crippen LogP contribution is 2.24. The fraction of sp³-hybridized carbons (Fsp3) is 0.368. The molecule has 11 heteroatoms. The third kappa shape index (κ3) is 4.95. The standard InChI is InChI=1S/C19H20N6O5/c20-24-21-8-1-2-9-30-13-5-3-4-12(10-13)22-14-11-17(27)25(19(14)29)15-6-7-16(26)23-18(15)28/h3-5,10-11,15,22H,1-2,6-9H2,(H,23,26,28). The van der Waals surface area contributed by atoms with Crippen LogP contribution in [0.15, 0.2) is 41.2 Å². The Balaban J connectivity index is 1.58. The first kappa shape index (κ1) is 20.9. The first-order chi connectivity index (χ1) is 14.5. The summed E-state index contributed by atoms with van der Waals surface area (Å²) in [6.07, 6.45) is 2.73. The number of piperidine rings is 1. The molecule has 156 valence electrons. The first-order valence-corrected chi connectivity index (χ1v) is 9.43. The molecule has 1 unspecified atom stereocenters. The van der Waals surface area contributed by atoms with Crippen molar-refractivity contribution < 1.29 is 23.9 Å². The van der Waals surface area contributed by atoms with Crippen LogP contribution in [-0.2, 0) is 19.2 Å². The Morgan fingerprint density at radius 1 is 1.27 bits per heavy atom. The molecule has 30 heavy (non-hydrogen) atoms. The fourth-order valence-electron chi connectivity index (χ4n) is 3.14. The Labute approximate surface area is 171 Å². The molecule has 0 saturated carbocycles. The molecular weight excluding hydrogens is 392 g/mol. The largest absolute Gasteiger partial charge is 0.494 e. The minimum atomic E-state index is -1.00. The Morgan fingerprint density at radius 2 is 2.10 bits per heavy atom. The number of nitrogens with zero attached hydrogens (tertiary/aromatic N) is 4. The summed E-state index contributed by atoms with van der Waals surface area (Å²) >= 11 is 0. The quantitative estimate of drug-likeness (QED) is 0.207. The maximum absolute atomic E-state index is 12.7. The van der Waals surface area contributed by atoms with Crippen molar-refractivity contribution in [2.75, 3.05) is 18.5 Å². The van der Waals surface area contributed by atoms with Crippen molar-refractivity contribution in [1.82, 2.24) is 10.2 Å². The van der Waals surface area contributed by atoms with Crippen molar-refractivity contribution in [2.24, 2.45) is 5.11 Å². The van der Waals surface area contributed by atoms with Gasteiger partial charge in [0.25, 0.3) is 11.8 Å². The molecule has 1 aromatic carbocycles. The highest BCUT2D eigenvalue weighted by molar-refractivity contribution is 6.20. The number of benzene rings is 1. The van der Waals surface area contributed by atoms with Crippen molar-refractivity contribution in [1.29, 1.82) is 0 Å². The maximum Gasteiger partial charge on any atom is 0.278 e. The molecule has 1 fully saturated rings. The van der Waals surface area contributed by atoms with Crippen molar-refractivity contribution in [3.8, 4) is 5.75 Å². The lowest BCUT2D eigenvalue weighted by Crippen LogP contribution is -2.54. The highest BCUT2D eigenvalue weighted by Gasteiger charge is 2.42. The lowest BCUT2D eigenvalue weighted by molar-refractivity contribution is -0.149. The van der Waals surface area contributed by atoms with Gasteiger partial charge in [-0.25, -0.2) is 0 Å². The van der Waals surface area contributed by atoms with Gasteiger partial charge in [0.05, 0.1) is 6.61 Å². The van der Waals surface area contributed by atoms with E-state index in [0.29, 0.717) is 31.0 Å². The van der Waals surface area contributed by atoms with Crippen molar-refractivity contribution >= 4 is 29.3 Å². The summed E-state index contributed by atoms with van der Waals surface area (Å²) in [5, 5.41) is 8.49. The van der Waals surface area contributed by atoms with Gasteiger partial charge in [-0.3, -0.25) is 29.4 Å². The SMILES string of the molecule is [N-]=[N+]=NCCCCOc1cccc(NC2=CC(=O)N(C3CCC(=O)NC3=O)C2=O)c1. The van der Waals surface area contributed by atoms with E-state index in [1.54, 1.807) is 24.3 Å². The van der Waals surface area contributed by atoms with Gasteiger partial charge in [0.15, 0.2) is 0 Å². The third-order valence-electron chi connectivity index (χ3n) is 4.57. The van der Waals surface area contributed by atoms with Gasteiger partial charge in [0.1, 0.15) is 17.5 Å². The Bertz CT molecular complexity index is 952. The Kier molecular flexibility index (Phi) is 6.66. The number of ether oxygens (including phenoxy) is 1. The van der Waals surface area contributed by atoms with Crippen LogP contribution in [0.3, 0.4) is 0 Å². The smallest absolute Gasteiger partial charge is 0.278 e. The zero-order chi connectivity index (χ0) is 21.5. The molecule has 0 aromatic heterocycles. The Morgan fingerprint density at radius 3 is 2.87 bits per heavy atom. The third-order valence-corrected chi connectivity index (χ3v) is 4.57. The molecule has 2 aliphatic rings.